The number of unbranched alkanes of at least 4 members (excludes halogenated alkanes) is 13. The van der Waals surface area contributed by atoms with E-state index in [9.17, 15) is 61.0 Å². The van der Waals surface area contributed by atoms with Crippen LogP contribution in [-0.2, 0) is 33.2 Å². The number of aliphatic hydroxyl groups excluding tert-OH is 11. The Bertz CT molecular complexity index is 1770. The molecular weight excluding hydrogens is 1020 g/mol. The zero-order chi connectivity index (χ0) is 57.6. The van der Waals surface area contributed by atoms with Gasteiger partial charge in [-0.25, -0.2) is 0 Å². The highest BCUT2D eigenvalue weighted by Gasteiger charge is 2.53. The topological polar surface area (TPSA) is 307 Å². The molecule has 12 N–H and O–H groups in total. The summed E-state index contributed by atoms with van der Waals surface area (Å²) in [5, 5.41) is 120. The average Bonchev–Trinajstić information content (AvgIpc) is 3.55. The smallest absolute Gasteiger partial charge is 0.220 e. The normalized spacial score (nSPS) is 30.9. The molecule has 0 aromatic rings. The number of hydrogen-bond donors (Lipinski definition) is 12. The maximum absolute atomic E-state index is 13.2. The lowest BCUT2D eigenvalue weighted by molar-refractivity contribution is -0.379. The summed E-state index contributed by atoms with van der Waals surface area (Å²) >= 11 is 0. The number of nitrogens with one attached hydrogen (secondary N) is 1. The predicted molar refractivity (Wildman–Crippen MR) is 300 cm³/mol. The highest BCUT2D eigenvalue weighted by Crippen LogP contribution is 2.33. The Morgan fingerprint density at radius 3 is 1.41 bits per heavy atom. The SMILES string of the molecule is CC/C=C\C/C=C\C/C=C\C/C=C\CCC(=O)NC(COC1OC(CO)C(OC2OC(CO)C(OC3OC(CO)C(O)C(O)C3O)C(O)C2O)C(O)C1O)C(O)/C=C/CC/C=C/CC/C=C/CCCCCCCCCCCCC. The summed E-state index contributed by atoms with van der Waals surface area (Å²) in [5.74, 6) is -0.374. The van der Waals surface area contributed by atoms with Crippen molar-refractivity contribution in [3.8, 4) is 0 Å². The third kappa shape index (κ3) is 26.8. The van der Waals surface area contributed by atoms with Crippen molar-refractivity contribution in [2.45, 2.75) is 259 Å². The fourth-order valence-electron chi connectivity index (χ4n) is 9.35. The molecule has 19 nitrogen and oxygen atoms in total. The molecule has 3 saturated heterocycles. The lowest BCUT2D eigenvalue weighted by Crippen LogP contribution is -2.66. The van der Waals surface area contributed by atoms with E-state index in [1.807, 2.05) is 12.2 Å². The lowest BCUT2D eigenvalue weighted by atomic mass is 9.96. The van der Waals surface area contributed by atoms with Crippen molar-refractivity contribution in [1.82, 2.24) is 5.32 Å². The van der Waals surface area contributed by atoms with Crippen LogP contribution in [0.2, 0.25) is 0 Å². The molecule has 3 rings (SSSR count). The van der Waals surface area contributed by atoms with Gasteiger partial charge in [-0.3, -0.25) is 4.79 Å². The molecule has 0 spiro atoms. The number of rotatable bonds is 41. The van der Waals surface area contributed by atoms with Crippen LogP contribution in [0.5, 0.6) is 0 Å². The van der Waals surface area contributed by atoms with E-state index in [4.69, 9.17) is 28.4 Å². The summed E-state index contributed by atoms with van der Waals surface area (Å²) in [7, 11) is 0. The first-order chi connectivity index (χ1) is 38.3. The molecule has 17 atom stereocenters. The van der Waals surface area contributed by atoms with E-state index in [1.54, 1.807) is 12.2 Å². The van der Waals surface area contributed by atoms with Crippen LogP contribution in [-0.4, -0.2) is 193 Å². The Labute approximate surface area is 470 Å². The van der Waals surface area contributed by atoms with E-state index < -0.39 is 131 Å². The second-order valence-electron chi connectivity index (χ2n) is 20.7. The van der Waals surface area contributed by atoms with Gasteiger partial charge in [0.1, 0.15) is 73.2 Å². The van der Waals surface area contributed by atoms with E-state index in [0.717, 1.165) is 44.9 Å². The molecule has 17 unspecified atom stereocenters. The van der Waals surface area contributed by atoms with Gasteiger partial charge in [-0.1, -0.05) is 163 Å². The molecule has 0 radical (unpaired) electrons. The lowest BCUT2D eigenvalue weighted by Gasteiger charge is -2.48. The summed E-state index contributed by atoms with van der Waals surface area (Å²) in [6.45, 7) is 1.49. The number of amides is 1. The molecule has 454 valence electrons. The van der Waals surface area contributed by atoms with Crippen LogP contribution in [0.15, 0.2) is 85.1 Å². The number of allylic oxidation sites excluding steroid dienone is 13. The number of carbonyl (C=O) groups is 1. The van der Waals surface area contributed by atoms with Gasteiger partial charge < -0.3 is 89.9 Å². The maximum atomic E-state index is 13.2. The first kappa shape index (κ1) is 70.2. The fourth-order valence-corrected chi connectivity index (χ4v) is 9.35. The minimum Gasteiger partial charge on any atom is -0.394 e. The predicted octanol–water partition coefficient (Wildman–Crippen LogP) is 4.81. The second-order valence-corrected chi connectivity index (χ2v) is 20.7. The Morgan fingerprint density at radius 1 is 0.468 bits per heavy atom. The largest absolute Gasteiger partial charge is 0.394 e. The molecule has 0 saturated carbocycles. The first-order valence-electron chi connectivity index (χ1n) is 29.3. The quantitative estimate of drug-likeness (QED) is 0.0289. The van der Waals surface area contributed by atoms with Crippen molar-refractivity contribution >= 4 is 5.91 Å². The highest BCUT2D eigenvalue weighted by molar-refractivity contribution is 5.76. The van der Waals surface area contributed by atoms with Crippen molar-refractivity contribution in [2.24, 2.45) is 0 Å². The van der Waals surface area contributed by atoms with Crippen LogP contribution in [0.1, 0.15) is 155 Å². The summed E-state index contributed by atoms with van der Waals surface area (Å²) in [5.41, 5.74) is 0. The molecule has 0 aliphatic carbocycles. The third-order valence-corrected chi connectivity index (χ3v) is 14.2. The van der Waals surface area contributed by atoms with Gasteiger partial charge in [0.25, 0.3) is 0 Å². The van der Waals surface area contributed by atoms with Crippen LogP contribution in [0, 0.1) is 0 Å². The standard InChI is InChI=1S/C60H101NO18/c1-3-5-7-9-11-13-15-17-18-19-20-21-22-23-24-26-27-29-31-33-35-37-44(65)43(61-48(66)38-36-34-32-30-28-25-16-14-12-10-8-6-4-2)42-74-58-54(72)51(69)56(46(40-63)76-58)79-60-55(73)52(70)57(47(41-64)77-60)78-59-53(71)50(68)49(67)45(39-62)75-59/h6,8,12,14,22-23,25,27-29,32,34-35,37,43-47,49-60,62-65,67-73H,3-5,7,9-11,13,15-21,24,26,30-31,33,36,38-42H2,1-2H3,(H,61,66)/b8-6-,14-12-,23-22+,28-25-,29-27+,34-32-,37-35+. The van der Waals surface area contributed by atoms with Crippen LogP contribution >= 0.6 is 0 Å². The molecule has 79 heavy (non-hydrogen) atoms. The summed E-state index contributed by atoms with van der Waals surface area (Å²) in [6.07, 6.45) is 24.5. The van der Waals surface area contributed by atoms with E-state index in [2.05, 4.69) is 79.9 Å². The Hall–Kier alpha value is -3.03. The second kappa shape index (κ2) is 42.7. The van der Waals surface area contributed by atoms with Gasteiger partial charge in [-0.2, -0.15) is 0 Å². The van der Waals surface area contributed by atoms with Crippen LogP contribution in [0.3, 0.4) is 0 Å². The van der Waals surface area contributed by atoms with Crippen molar-refractivity contribution in [1.29, 1.82) is 0 Å². The first-order valence-corrected chi connectivity index (χ1v) is 29.3. The Kier molecular flexibility index (Phi) is 38.0. The van der Waals surface area contributed by atoms with Gasteiger partial charge in [0.05, 0.1) is 38.6 Å². The fraction of sp³-hybridized carbons (Fsp3) is 0.750. The maximum Gasteiger partial charge on any atom is 0.220 e. The number of ether oxygens (including phenoxy) is 6. The molecule has 0 aromatic carbocycles. The summed E-state index contributed by atoms with van der Waals surface area (Å²) < 4.78 is 34.1. The van der Waals surface area contributed by atoms with Gasteiger partial charge in [0, 0.05) is 6.42 Å². The molecule has 19 heteroatoms. The minimum absolute atomic E-state index is 0.106. The number of carbonyl (C=O) groups excluding carboxylic acids is 1. The Morgan fingerprint density at radius 2 is 0.886 bits per heavy atom. The molecule has 1 amide bonds. The van der Waals surface area contributed by atoms with Crippen LogP contribution in [0.25, 0.3) is 0 Å². The minimum atomic E-state index is -1.99. The zero-order valence-electron chi connectivity index (χ0n) is 47.1. The van der Waals surface area contributed by atoms with Crippen molar-refractivity contribution in [3.05, 3.63) is 85.1 Å². The van der Waals surface area contributed by atoms with Crippen LogP contribution in [0.4, 0.5) is 0 Å². The van der Waals surface area contributed by atoms with E-state index >= 15 is 0 Å². The van der Waals surface area contributed by atoms with Crippen molar-refractivity contribution in [3.63, 3.8) is 0 Å². The van der Waals surface area contributed by atoms with Gasteiger partial charge in [-0.05, 0) is 70.6 Å². The highest BCUT2D eigenvalue weighted by atomic mass is 16.8. The average molecular weight is 1120 g/mol. The van der Waals surface area contributed by atoms with E-state index in [-0.39, 0.29) is 12.3 Å². The third-order valence-electron chi connectivity index (χ3n) is 14.2. The molecule has 3 fully saturated rings. The van der Waals surface area contributed by atoms with E-state index in [1.165, 1.54) is 70.6 Å². The number of aliphatic hydroxyl groups is 11. The molecule has 0 aromatic heterocycles. The number of hydrogen-bond acceptors (Lipinski definition) is 18. The van der Waals surface area contributed by atoms with Crippen molar-refractivity contribution < 1.29 is 89.4 Å². The molecule has 3 aliphatic heterocycles. The molecule has 3 aliphatic rings. The molecule has 3 heterocycles. The van der Waals surface area contributed by atoms with Gasteiger partial charge in [0.15, 0.2) is 18.9 Å². The van der Waals surface area contributed by atoms with Crippen molar-refractivity contribution in [2.75, 3.05) is 26.4 Å². The molecule has 0 bridgehead atoms. The molecular formula is C60H101NO18. The monoisotopic (exact) mass is 1120 g/mol. The van der Waals surface area contributed by atoms with Gasteiger partial charge in [-0.15, -0.1) is 0 Å². The zero-order valence-corrected chi connectivity index (χ0v) is 47.1. The Balaban J connectivity index is 1.54. The summed E-state index contributed by atoms with van der Waals surface area (Å²) in [6, 6.07) is -1.04. The van der Waals surface area contributed by atoms with E-state index in [0.29, 0.717) is 19.3 Å². The van der Waals surface area contributed by atoms with Gasteiger partial charge in [0.2, 0.25) is 5.91 Å². The van der Waals surface area contributed by atoms with Crippen LogP contribution < -0.4 is 5.32 Å². The summed E-state index contributed by atoms with van der Waals surface area (Å²) in [4.78, 5) is 13.2. The van der Waals surface area contributed by atoms with Gasteiger partial charge >= 0.3 is 0 Å².